The number of hydrogen-bond donors (Lipinski definition) is 2. The first-order valence-electron chi connectivity index (χ1n) is 13.5. The summed E-state index contributed by atoms with van der Waals surface area (Å²) >= 11 is 6.07. The smallest absolute Gasteiger partial charge is 0.358 e. The van der Waals surface area contributed by atoms with Gasteiger partial charge in [-0.3, -0.25) is 9.59 Å². The van der Waals surface area contributed by atoms with E-state index in [0.29, 0.717) is 17.9 Å². The predicted molar refractivity (Wildman–Crippen MR) is 149 cm³/mol. The molecule has 220 valence electrons. The minimum absolute atomic E-state index is 0.0352. The van der Waals surface area contributed by atoms with Gasteiger partial charge in [0.15, 0.2) is 24.8 Å². The average molecular weight is 608 g/mol. The first kappa shape index (κ1) is 29.3. The number of benzene rings is 2. The monoisotopic (exact) mass is 607 g/mol. The molecule has 2 aromatic rings. The number of aliphatic hydroxyl groups is 1. The van der Waals surface area contributed by atoms with Crippen molar-refractivity contribution in [1.29, 1.82) is 0 Å². The van der Waals surface area contributed by atoms with Crippen LogP contribution in [0.5, 0.6) is 5.75 Å². The van der Waals surface area contributed by atoms with Crippen molar-refractivity contribution < 1.29 is 36.8 Å². The van der Waals surface area contributed by atoms with Gasteiger partial charge < -0.3 is 20.1 Å². The van der Waals surface area contributed by atoms with E-state index in [4.69, 9.17) is 16.3 Å². The maximum Gasteiger partial charge on any atom is 0.358 e. The summed E-state index contributed by atoms with van der Waals surface area (Å²) in [5, 5.41) is 14.7. The lowest BCUT2D eigenvalue weighted by atomic mass is 9.98. The average Bonchev–Trinajstić information content (AvgIpc) is 3.78. The largest absolute Gasteiger partial charge is 0.495 e. The number of amides is 2. The highest BCUT2D eigenvalue weighted by Gasteiger charge is 2.56. The van der Waals surface area contributed by atoms with Gasteiger partial charge in [-0.25, -0.2) is 12.8 Å². The molecule has 2 aromatic carbocycles. The van der Waals surface area contributed by atoms with Crippen LogP contribution < -0.4 is 10.1 Å². The molecule has 0 spiro atoms. The Balaban J connectivity index is 1.63. The van der Waals surface area contributed by atoms with Gasteiger partial charge in [0.25, 0.3) is 0 Å². The number of halogens is 2. The van der Waals surface area contributed by atoms with Crippen molar-refractivity contribution in [3.8, 4) is 5.75 Å². The van der Waals surface area contributed by atoms with Crippen LogP contribution in [0.25, 0.3) is 0 Å². The Bertz CT molecular complexity index is 1500. The Kier molecular flexibility index (Phi) is 8.01. The molecule has 2 amide bonds. The topological polar surface area (TPSA) is 119 Å². The first-order valence-corrected chi connectivity index (χ1v) is 15.3. The van der Waals surface area contributed by atoms with E-state index in [9.17, 15) is 27.5 Å². The van der Waals surface area contributed by atoms with Crippen molar-refractivity contribution in [3.05, 3.63) is 58.9 Å². The maximum absolute atomic E-state index is 14.4. The Morgan fingerprint density at radius 1 is 1.22 bits per heavy atom. The standard InChI is InChI=1S/C28H32ClFN4O6S/c1-16(2)32-15-25-33(41(38,39)24-13-20(30)10-11-23(24)40-3)14-21(31-26(35)18-6-7-18)27(36)34(25)22(28(32)37)12-17-4-8-19(29)9-5-17/h4-5,8-11,13,16,18,21-22,25H,6-7,12,14-15H2,1-3H3,(H,31,35)/p+1. The van der Waals surface area contributed by atoms with Gasteiger partial charge in [-0.05, 0) is 62.6 Å². The van der Waals surface area contributed by atoms with Gasteiger partial charge in [-0.2, -0.15) is 8.88 Å². The van der Waals surface area contributed by atoms with Crippen LogP contribution in [-0.2, 0) is 26.0 Å². The van der Waals surface area contributed by atoms with Gasteiger partial charge in [0, 0.05) is 23.9 Å². The van der Waals surface area contributed by atoms with Gasteiger partial charge >= 0.3 is 5.90 Å². The lowest BCUT2D eigenvalue weighted by molar-refractivity contribution is -0.581. The highest BCUT2D eigenvalue weighted by Crippen LogP contribution is 2.35. The van der Waals surface area contributed by atoms with Crippen LogP contribution >= 0.6 is 11.6 Å². The van der Waals surface area contributed by atoms with E-state index >= 15 is 0 Å². The second kappa shape index (κ2) is 11.2. The van der Waals surface area contributed by atoms with E-state index in [1.54, 1.807) is 28.8 Å². The summed E-state index contributed by atoms with van der Waals surface area (Å²) in [4.78, 5) is 27.8. The number of fused-ring (bicyclic) bond motifs is 1. The number of methoxy groups -OCH3 is 1. The molecule has 3 aliphatic rings. The van der Waals surface area contributed by atoms with Crippen molar-refractivity contribution in [2.75, 3.05) is 20.2 Å². The molecule has 1 saturated heterocycles. The van der Waals surface area contributed by atoms with Crippen LogP contribution in [0.1, 0.15) is 32.3 Å². The zero-order valence-corrected chi connectivity index (χ0v) is 24.5. The summed E-state index contributed by atoms with van der Waals surface area (Å²) in [5.41, 5.74) is 0.758. The third kappa shape index (κ3) is 5.64. The molecular formula is C28H33ClFN4O6S+. The fraction of sp³-hybridized carbons (Fsp3) is 0.464. The molecule has 3 atom stereocenters. The van der Waals surface area contributed by atoms with Crippen LogP contribution in [0.15, 0.2) is 47.4 Å². The molecule has 41 heavy (non-hydrogen) atoms. The second-order valence-corrected chi connectivity index (χ2v) is 13.2. The van der Waals surface area contributed by atoms with Gasteiger partial charge in [0.05, 0.1) is 7.11 Å². The molecule has 10 nitrogen and oxygen atoms in total. The lowest BCUT2D eigenvalue weighted by Crippen LogP contribution is -2.74. The molecule has 2 fully saturated rings. The normalized spacial score (nSPS) is 23.5. The third-order valence-electron chi connectivity index (χ3n) is 7.80. The van der Waals surface area contributed by atoms with E-state index in [-0.39, 0.29) is 49.0 Å². The second-order valence-electron chi connectivity index (χ2n) is 10.9. The number of aliphatic hydroxyl groups excluding tert-OH is 1. The quantitative estimate of drug-likeness (QED) is 0.445. The van der Waals surface area contributed by atoms with E-state index in [2.05, 4.69) is 5.32 Å². The lowest BCUT2D eigenvalue weighted by Gasteiger charge is -2.48. The van der Waals surface area contributed by atoms with Crippen molar-refractivity contribution in [2.24, 2.45) is 5.92 Å². The first-order chi connectivity index (χ1) is 19.4. The Morgan fingerprint density at radius 3 is 2.51 bits per heavy atom. The zero-order valence-electron chi connectivity index (χ0n) is 23.0. The van der Waals surface area contributed by atoms with Gasteiger partial charge in [0.2, 0.25) is 21.8 Å². The van der Waals surface area contributed by atoms with Crippen LogP contribution in [-0.4, -0.2) is 89.5 Å². The summed E-state index contributed by atoms with van der Waals surface area (Å²) in [7, 11) is -3.19. The molecule has 13 heteroatoms. The molecule has 0 radical (unpaired) electrons. The number of carbonyl (C=O) groups excluding carboxylic acids is 2. The number of sulfonamides is 1. The van der Waals surface area contributed by atoms with Gasteiger partial charge in [-0.15, -0.1) is 0 Å². The fourth-order valence-corrected chi connectivity index (χ4v) is 7.34. The molecule has 1 aliphatic carbocycles. The molecule has 2 aliphatic heterocycles. The summed E-state index contributed by atoms with van der Waals surface area (Å²) in [5.74, 6) is -1.98. The number of ether oxygens (including phenoxy) is 1. The van der Waals surface area contributed by atoms with Crippen molar-refractivity contribution >= 4 is 39.3 Å². The number of nitrogens with one attached hydrogen (secondary N) is 1. The minimum atomic E-state index is -4.47. The summed E-state index contributed by atoms with van der Waals surface area (Å²) in [6.07, 6.45) is 0.483. The van der Waals surface area contributed by atoms with E-state index in [1.807, 2.05) is 13.8 Å². The predicted octanol–water partition coefficient (Wildman–Crippen LogP) is 2.54. The van der Waals surface area contributed by atoms with E-state index < -0.39 is 44.9 Å². The van der Waals surface area contributed by atoms with Crippen LogP contribution in [0.2, 0.25) is 5.02 Å². The Hall–Kier alpha value is -3.22. The Labute approximate surface area is 243 Å². The maximum atomic E-state index is 14.4. The molecular weight excluding hydrogens is 575 g/mol. The zero-order chi connectivity index (χ0) is 29.6. The number of carbonyl (C=O) groups is 2. The fourth-order valence-electron chi connectivity index (χ4n) is 5.46. The molecule has 0 aromatic heterocycles. The van der Waals surface area contributed by atoms with Gasteiger partial charge in [-0.1, -0.05) is 23.7 Å². The highest BCUT2D eigenvalue weighted by molar-refractivity contribution is 7.89. The SMILES string of the molecule is COc1ccc(F)cc1S(=O)(=O)N1CC(NC(=O)C2CC2)C(=O)N2C(Cc3ccc(Cl)cc3)C(O)=[N+](C(C)C)CC21. The van der Waals surface area contributed by atoms with Crippen molar-refractivity contribution in [2.45, 2.75) is 62.3 Å². The van der Waals surface area contributed by atoms with Crippen molar-refractivity contribution in [3.63, 3.8) is 0 Å². The molecule has 3 unspecified atom stereocenters. The van der Waals surface area contributed by atoms with Gasteiger partial charge in [0.1, 0.15) is 22.5 Å². The van der Waals surface area contributed by atoms with E-state index in [1.165, 1.54) is 18.1 Å². The number of rotatable bonds is 8. The van der Waals surface area contributed by atoms with Crippen LogP contribution in [0, 0.1) is 11.7 Å². The molecule has 2 N–H and O–H groups in total. The van der Waals surface area contributed by atoms with Crippen LogP contribution in [0.3, 0.4) is 0 Å². The van der Waals surface area contributed by atoms with Crippen LogP contribution in [0.4, 0.5) is 4.39 Å². The molecule has 0 bridgehead atoms. The summed E-state index contributed by atoms with van der Waals surface area (Å²) in [6.45, 7) is 3.30. The number of nitrogens with zero attached hydrogens (tertiary/aromatic N) is 3. The minimum Gasteiger partial charge on any atom is -0.495 e. The van der Waals surface area contributed by atoms with Crippen molar-refractivity contribution in [1.82, 2.24) is 14.5 Å². The summed E-state index contributed by atoms with van der Waals surface area (Å²) in [6, 6.07) is 7.74. The molecule has 5 rings (SSSR count). The number of hydrogen-bond acceptors (Lipinski definition) is 5. The summed E-state index contributed by atoms with van der Waals surface area (Å²) < 4.78 is 50.9. The molecule has 1 saturated carbocycles. The van der Waals surface area contributed by atoms with E-state index in [0.717, 1.165) is 22.0 Å². The highest BCUT2D eigenvalue weighted by atomic mass is 35.5. The molecule has 2 heterocycles. The Morgan fingerprint density at radius 2 is 1.90 bits per heavy atom. The third-order valence-corrected chi connectivity index (χ3v) is 9.94.